The highest BCUT2D eigenvalue weighted by atomic mass is 32.2. The van der Waals surface area contributed by atoms with Gasteiger partial charge >= 0.3 is 21.7 Å². The Kier molecular flexibility index (Phi) is 16.4. The average molecular weight is 1280 g/mol. The van der Waals surface area contributed by atoms with Gasteiger partial charge in [-0.15, -0.1) is 65.6 Å². The molecule has 0 nitrogen and oxygen atoms in total. The maximum absolute atomic E-state index is 2.46. The minimum atomic E-state index is -1.20. The van der Waals surface area contributed by atoms with Crippen LogP contribution in [-0.2, 0) is 43.0 Å². The lowest BCUT2D eigenvalue weighted by atomic mass is 9.33. The van der Waals surface area contributed by atoms with Crippen molar-refractivity contribution in [1.29, 1.82) is 0 Å². The van der Waals surface area contributed by atoms with Crippen LogP contribution in [0.25, 0.3) is 66.8 Å². The van der Waals surface area contributed by atoms with Crippen LogP contribution in [-0.4, -0.2) is 71.7 Å². The van der Waals surface area contributed by atoms with Crippen LogP contribution in [0.4, 0.5) is 0 Å². The van der Waals surface area contributed by atoms with E-state index in [2.05, 4.69) is 341 Å². The van der Waals surface area contributed by atoms with E-state index in [1.54, 1.807) is 0 Å². The first-order valence-electron chi connectivity index (χ1n) is 33.1. The fourth-order valence-corrected chi connectivity index (χ4v) is 27.2. The molecule has 17 rings (SSSR count). The van der Waals surface area contributed by atoms with E-state index < -0.39 is 21.7 Å². The largest absolute Gasteiger partial charge is 0.304 e. The van der Waals surface area contributed by atoms with Crippen molar-refractivity contribution < 1.29 is 0 Å². The summed E-state index contributed by atoms with van der Waals surface area (Å²) in [7, 11) is 0.247. The molecule has 0 fully saturated rings. The molecule has 458 valence electrons. The van der Waals surface area contributed by atoms with Gasteiger partial charge in [-0.1, -0.05) is 394 Å². The SMILES string of the molecule is C[S+](C)[B-]1(c2ccccc2-c2ccccc2[B-]2([S+](C)C)c3ccccc3-c3ccccc32)c2ccccc2-c2ccccc21.C[S+](C)[B-]1(c2ccccc2-c2ccccc2[B-]2([S+](C)C)c3ccccc3-c3ccccc32)c2ccccc2-c2ccccc21.c1ccccc1. The first kappa shape index (κ1) is 61.7. The smallest absolute Gasteiger partial charge is 0.215 e. The van der Waals surface area contributed by atoms with Gasteiger partial charge in [-0.05, 0) is 0 Å². The molecule has 0 radical (unpaired) electrons. The number of hydrogen-bond donors (Lipinski definition) is 0. The van der Waals surface area contributed by atoms with Gasteiger partial charge in [0.25, 0.3) is 0 Å². The van der Waals surface area contributed by atoms with Crippen LogP contribution >= 0.6 is 0 Å². The molecule has 0 aliphatic carbocycles. The Labute approximate surface area is 570 Å². The van der Waals surface area contributed by atoms with Crippen LogP contribution in [0, 0.1) is 0 Å². The second-order valence-corrected chi connectivity index (χ2v) is 36.7. The molecule has 4 aliphatic heterocycles. The molecular formula is C86H78B4S4. The zero-order valence-electron chi connectivity index (χ0n) is 55.1. The number of hydrogen-bond acceptors (Lipinski definition) is 0. The number of fused-ring (bicyclic) bond motifs is 12. The summed E-state index contributed by atoms with van der Waals surface area (Å²) in [5.41, 5.74) is 29.8. The first-order chi connectivity index (χ1) is 46.0. The van der Waals surface area contributed by atoms with Crippen LogP contribution in [0.2, 0.25) is 0 Å². The number of rotatable bonds is 10. The summed E-state index contributed by atoms with van der Waals surface area (Å²) in [5.74, 6) is 0. The Morgan fingerprint density at radius 2 is 0.213 bits per heavy atom. The standard InChI is InChI=1S/2C40H36B2S2.C6H6/c2*1-43(2)41(35-23-11-5-17-29(35)30-18-6-12-24-36(30)41)39-27-15-9-21-33(39)34-22-10-16-28-40(34)42(44(3)4)37-25-13-7-19-31(37)32-20-8-14-26-38(32)42;1-2-4-6-5-3-1/h2*5-28H,1-4H3;1-6H. The molecule has 13 aromatic rings. The van der Waals surface area contributed by atoms with Crippen LogP contribution < -0.4 is 65.6 Å². The minimum Gasteiger partial charge on any atom is -0.215 e. The van der Waals surface area contributed by atoms with E-state index in [1.165, 1.54) is 132 Å². The zero-order valence-corrected chi connectivity index (χ0v) is 58.4. The molecule has 0 atom stereocenters. The molecule has 0 aromatic heterocycles. The normalized spacial score (nSPS) is 14.7. The maximum atomic E-state index is 2.46. The highest BCUT2D eigenvalue weighted by Gasteiger charge is 2.55. The highest BCUT2D eigenvalue weighted by Crippen LogP contribution is 2.39. The van der Waals surface area contributed by atoms with Crippen molar-refractivity contribution >= 4 is 130 Å². The van der Waals surface area contributed by atoms with Crippen molar-refractivity contribution in [3.63, 3.8) is 0 Å². The Morgan fingerprint density at radius 3 is 0.298 bits per heavy atom. The Morgan fingerprint density at radius 1 is 0.128 bits per heavy atom. The van der Waals surface area contributed by atoms with Crippen LogP contribution in [0.5, 0.6) is 0 Å². The van der Waals surface area contributed by atoms with Gasteiger partial charge in [0.05, 0.1) is 50.0 Å². The third kappa shape index (κ3) is 9.13. The molecule has 0 saturated carbocycles. The van der Waals surface area contributed by atoms with Crippen molar-refractivity contribution in [3.8, 4) is 66.8 Å². The molecule has 0 bridgehead atoms. The number of benzene rings is 13. The van der Waals surface area contributed by atoms with Crippen molar-refractivity contribution in [1.82, 2.24) is 0 Å². The van der Waals surface area contributed by atoms with Gasteiger partial charge in [-0.2, -0.15) is 0 Å². The lowest BCUT2D eigenvalue weighted by Crippen LogP contribution is -2.71. The quantitative estimate of drug-likeness (QED) is 0.0946. The lowest BCUT2D eigenvalue weighted by Gasteiger charge is -2.40. The lowest BCUT2D eigenvalue weighted by molar-refractivity contribution is 1.66. The molecule has 8 heteroatoms. The second kappa shape index (κ2) is 25.0. The summed E-state index contributed by atoms with van der Waals surface area (Å²) < 4.78 is 0. The van der Waals surface area contributed by atoms with E-state index in [0.29, 0.717) is 0 Å². The molecule has 0 unspecified atom stereocenters. The Hall–Kier alpha value is -8.48. The topological polar surface area (TPSA) is 0 Å². The summed E-state index contributed by atoms with van der Waals surface area (Å²) in [5, 5.41) is 0. The van der Waals surface area contributed by atoms with Gasteiger partial charge in [0, 0.05) is 0 Å². The van der Waals surface area contributed by atoms with Crippen molar-refractivity contribution in [2.45, 2.75) is 0 Å². The molecule has 13 aromatic carbocycles. The fourth-order valence-electron chi connectivity index (χ4n) is 18.6. The highest BCUT2D eigenvalue weighted by molar-refractivity contribution is 8.31. The average Bonchev–Trinajstić information content (AvgIpc) is 1.50. The van der Waals surface area contributed by atoms with Gasteiger partial charge in [0.2, 0.25) is 0 Å². The van der Waals surface area contributed by atoms with Gasteiger partial charge in [-0.25, -0.2) is 43.0 Å². The molecule has 94 heavy (non-hydrogen) atoms. The van der Waals surface area contributed by atoms with E-state index in [4.69, 9.17) is 0 Å². The van der Waals surface area contributed by atoms with Crippen LogP contribution in [0.1, 0.15) is 0 Å². The van der Waals surface area contributed by atoms with E-state index >= 15 is 0 Å². The maximum Gasteiger partial charge on any atom is 0.304 e. The van der Waals surface area contributed by atoms with Crippen LogP contribution in [0.3, 0.4) is 0 Å². The fraction of sp³-hybridized carbons (Fsp3) is 0.0930. The van der Waals surface area contributed by atoms with Crippen LogP contribution in [0.15, 0.2) is 328 Å². The summed E-state index contributed by atoms with van der Waals surface area (Å²) in [6, 6.07) is 123. The molecule has 4 aliphatic rings. The van der Waals surface area contributed by atoms with Crippen molar-refractivity contribution in [2.24, 2.45) is 0 Å². The molecular weight excluding hydrogens is 1200 g/mol. The van der Waals surface area contributed by atoms with Gasteiger partial charge < -0.3 is 0 Å². The third-order valence-corrected chi connectivity index (χ3v) is 30.7. The molecule has 0 amide bonds. The third-order valence-electron chi connectivity index (χ3n) is 22.0. The molecule has 4 heterocycles. The zero-order chi connectivity index (χ0) is 64.3. The predicted molar refractivity (Wildman–Crippen MR) is 433 cm³/mol. The molecule has 0 saturated heterocycles. The van der Waals surface area contributed by atoms with E-state index in [0.717, 1.165) is 0 Å². The minimum absolute atomic E-state index is 0.0618. The summed E-state index contributed by atoms with van der Waals surface area (Å²) in [6.45, 7) is 0. The predicted octanol–water partition coefficient (Wildman–Crippen LogP) is 11.7. The molecule has 0 spiro atoms. The van der Waals surface area contributed by atoms with Gasteiger partial charge in [-0.3, -0.25) is 0 Å². The van der Waals surface area contributed by atoms with Gasteiger partial charge in [0.1, 0.15) is 0 Å². The summed E-state index contributed by atoms with van der Waals surface area (Å²) in [4.78, 5) is 0. The van der Waals surface area contributed by atoms with E-state index in [-0.39, 0.29) is 43.0 Å². The van der Waals surface area contributed by atoms with E-state index in [1.807, 2.05) is 36.4 Å². The van der Waals surface area contributed by atoms with Gasteiger partial charge in [0.15, 0.2) is 0 Å². The van der Waals surface area contributed by atoms with E-state index in [9.17, 15) is 0 Å². The summed E-state index contributed by atoms with van der Waals surface area (Å²) >= 11 is 0. The van der Waals surface area contributed by atoms with Crippen molar-refractivity contribution in [3.05, 3.63) is 328 Å². The summed E-state index contributed by atoms with van der Waals surface area (Å²) in [6.07, 6.45) is 19.7. The Bertz CT molecular complexity index is 4190. The second-order valence-electron chi connectivity index (χ2n) is 26.9. The monoisotopic (exact) mass is 1280 g/mol. The molecule has 0 N–H and O–H groups in total. The Balaban J connectivity index is 0.000000142. The van der Waals surface area contributed by atoms with Crippen molar-refractivity contribution in [2.75, 3.05) is 50.0 Å². The first-order valence-corrected chi connectivity index (χ1v) is 41.5.